The Labute approximate surface area is 120 Å². The molecule has 1 aromatic rings. The van der Waals surface area contributed by atoms with Gasteiger partial charge in [0.2, 0.25) is 0 Å². The molecule has 0 saturated carbocycles. The van der Waals surface area contributed by atoms with Gasteiger partial charge in [-0.15, -0.1) is 0 Å². The smallest absolute Gasteiger partial charge is 0.0767 e. The highest BCUT2D eigenvalue weighted by atomic mass is 79.9. The highest BCUT2D eigenvalue weighted by Gasteiger charge is 2.34. The van der Waals surface area contributed by atoms with Gasteiger partial charge < -0.3 is 10.4 Å². The Hall–Kier alpha value is 0.1000. The van der Waals surface area contributed by atoms with Gasteiger partial charge in [-0.1, -0.05) is 6.07 Å². The Balaban J connectivity index is 2.71. The molecule has 0 amide bonds. The van der Waals surface area contributed by atoms with Crippen LogP contribution in [0.2, 0.25) is 0 Å². The Bertz CT molecular complexity index is 397. The molecule has 0 bridgehead atoms. The topological polar surface area (TPSA) is 32.3 Å². The first-order valence-corrected chi connectivity index (χ1v) is 7.13. The van der Waals surface area contributed by atoms with Crippen LogP contribution in [0, 0.1) is 0 Å². The van der Waals surface area contributed by atoms with E-state index in [-0.39, 0.29) is 5.54 Å². The number of rotatable bonds is 4. The molecule has 0 aliphatic rings. The zero-order chi connectivity index (χ0) is 13.3. The van der Waals surface area contributed by atoms with Gasteiger partial charge >= 0.3 is 0 Å². The average Bonchev–Trinajstić information content (AvgIpc) is 2.18. The number of hydrogen-bond donors (Lipinski definition) is 2. The molecule has 17 heavy (non-hydrogen) atoms. The predicted molar refractivity (Wildman–Crippen MR) is 79.1 cm³/mol. The van der Waals surface area contributed by atoms with E-state index in [0.717, 1.165) is 15.5 Å². The second-order valence-corrected chi connectivity index (χ2v) is 6.99. The molecule has 0 fully saturated rings. The molecule has 0 unspecified atom stereocenters. The van der Waals surface area contributed by atoms with Crippen molar-refractivity contribution in [3.05, 3.63) is 32.7 Å². The zero-order valence-electron chi connectivity index (χ0n) is 10.6. The van der Waals surface area contributed by atoms with Crippen LogP contribution < -0.4 is 5.32 Å². The van der Waals surface area contributed by atoms with E-state index in [2.05, 4.69) is 49.3 Å². The highest BCUT2D eigenvalue weighted by Crippen LogP contribution is 2.25. The maximum Gasteiger partial charge on any atom is 0.0767 e. The van der Waals surface area contributed by atoms with Crippen molar-refractivity contribution in [3.63, 3.8) is 0 Å². The summed E-state index contributed by atoms with van der Waals surface area (Å²) >= 11 is 6.93. The normalized spacial score (nSPS) is 12.9. The van der Waals surface area contributed by atoms with E-state index < -0.39 is 5.60 Å². The van der Waals surface area contributed by atoms with E-state index in [1.807, 2.05) is 33.8 Å². The Morgan fingerprint density at radius 1 is 1.12 bits per heavy atom. The number of benzene rings is 1. The summed E-state index contributed by atoms with van der Waals surface area (Å²) in [6.07, 6.45) is 0. The summed E-state index contributed by atoms with van der Waals surface area (Å²) in [5.41, 5.74) is 0.0731. The first kappa shape index (κ1) is 15.2. The summed E-state index contributed by atoms with van der Waals surface area (Å²) in [6, 6.07) is 6.14. The van der Waals surface area contributed by atoms with E-state index >= 15 is 0 Å². The van der Waals surface area contributed by atoms with Crippen LogP contribution in [0.3, 0.4) is 0 Å². The molecule has 96 valence electrons. The molecule has 2 nitrogen and oxygen atoms in total. The summed E-state index contributed by atoms with van der Waals surface area (Å²) in [5.74, 6) is 0. The first-order valence-electron chi connectivity index (χ1n) is 5.55. The van der Waals surface area contributed by atoms with Crippen molar-refractivity contribution in [2.75, 3.05) is 0 Å². The molecule has 0 heterocycles. The fraction of sp³-hybridized carbons (Fsp3) is 0.538. The van der Waals surface area contributed by atoms with Gasteiger partial charge in [0, 0.05) is 21.0 Å². The summed E-state index contributed by atoms with van der Waals surface area (Å²) < 4.78 is 2.08. The van der Waals surface area contributed by atoms with Crippen LogP contribution in [0.4, 0.5) is 0 Å². The molecule has 0 spiro atoms. The van der Waals surface area contributed by atoms with Crippen LogP contribution in [0.15, 0.2) is 27.1 Å². The van der Waals surface area contributed by atoms with Gasteiger partial charge in [0.15, 0.2) is 0 Å². The van der Waals surface area contributed by atoms with Crippen LogP contribution >= 0.6 is 31.9 Å². The summed E-state index contributed by atoms with van der Waals surface area (Å²) in [4.78, 5) is 0. The largest absolute Gasteiger partial charge is 0.389 e. The first-order chi connectivity index (χ1) is 7.63. The average molecular weight is 365 g/mol. The molecule has 0 atom stereocenters. The van der Waals surface area contributed by atoms with Crippen molar-refractivity contribution in [1.82, 2.24) is 5.32 Å². The molecule has 2 N–H and O–H groups in total. The third-order valence-electron chi connectivity index (χ3n) is 3.25. The molecular formula is C13H19Br2NO. The van der Waals surface area contributed by atoms with Gasteiger partial charge in [0.25, 0.3) is 0 Å². The number of halogens is 2. The maximum atomic E-state index is 10.0. The molecule has 4 heteroatoms. The number of aliphatic hydroxyl groups is 1. The lowest BCUT2D eigenvalue weighted by Gasteiger charge is -2.38. The molecule has 0 saturated heterocycles. The van der Waals surface area contributed by atoms with Crippen LogP contribution in [-0.2, 0) is 6.54 Å². The second-order valence-electron chi connectivity index (χ2n) is 5.29. The van der Waals surface area contributed by atoms with Crippen LogP contribution in [0.1, 0.15) is 33.3 Å². The van der Waals surface area contributed by atoms with Gasteiger partial charge in [-0.25, -0.2) is 0 Å². The third kappa shape index (κ3) is 4.05. The Kier molecular flexibility index (Phi) is 4.81. The Morgan fingerprint density at radius 3 is 2.18 bits per heavy atom. The molecule has 1 rings (SSSR count). The molecule has 0 aliphatic carbocycles. The van der Waals surface area contributed by atoms with Crippen molar-refractivity contribution in [2.24, 2.45) is 0 Å². The molecular weight excluding hydrogens is 346 g/mol. The van der Waals surface area contributed by atoms with Crippen molar-refractivity contribution in [3.8, 4) is 0 Å². The van der Waals surface area contributed by atoms with Crippen LogP contribution in [-0.4, -0.2) is 16.2 Å². The molecule has 0 aliphatic heterocycles. The van der Waals surface area contributed by atoms with E-state index in [1.54, 1.807) is 0 Å². The van der Waals surface area contributed by atoms with Gasteiger partial charge in [-0.05, 0) is 77.3 Å². The van der Waals surface area contributed by atoms with E-state index in [4.69, 9.17) is 0 Å². The Morgan fingerprint density at radius 2 is 1.71 bits per heavy atom. The van der Waals surface area contributed by atoms with Crippen molar-refractivity contribution in [2.45, 2.75) is 45.4 Å². The van der Waals surface area contributed by atoms with Crippen LogP contribution in [0.5, 0.6) is 0 Å². The lowest BCUT2D eigenvalue weighted by atomic mass is 9.86. The lowest BCUT2D eigenvalue weighted by Crippen LogP contribution is -2.55. The van der Waals surface area contributed by atoms with Gasteiger partial charge in [-0.3, -0.25) is 0 Å². The monoisotopic (exact) mass is 363 g/mol. The molecule has 1 aromatic carbocycles. The lowest BCUT2D eigenvalue weighted by molar-refractivity contribution is -0.00531. The fourth-order valence-electron chi connectivity index (χ4n) is 1.19. The van der Waals surface area contributed by atoms with Crippen molar-refractivity contribution < 1.29 is 5.11 Å². The number of hydrogen-bond acceptors (Lipinski definition) is 2. The minimum atomic E-state index is -0.764. The summed E-state index contributed by atoms with van der Waals surface area (Å²) in [6.45, 7) is 8.36. The van der Waals surface area contributed by atoms with Gasteiger partial charge in [0.1, 0.15) is 0 Å². The predicted octanol–water partition coefficient (Wildman–Crippen LogP) is 3.85. The van der Waals surface area contributed by atoms with Gasteiger partial charge in [0.05, 0.1) is 5.60 Å². The van der Waals surface area contributed by atoms with Gasteiger partial charge in [-0.2, -0.15) is 0 Å². The van der Waals surface area contributed by atoms with E-state index in [1.165, 1.54) is 5.56 Å². The molecule has 0 radical (unpaired) electrons. The fourth-order valence-corrected chi connectivity index (χ4v) is 1.86. The maximum absolute atomic E-state index is 10.0. The van der Waals surface area contributed by atoms with Crippen LogP contribution in [0.25, 0.3) is 0 Å². The SMILES string of the molecule is CC(C)(O)C(C)(C)NCc1ccc(Br)c(Br)c1. The standard InChI is InChI=1S/C13H19Br2NO/c1-12(2,13(3,4)17)16-8-9-5-6-10(14)11(15)7-9/h5-7,16-17H,8H2,1-4H3. The summed E-state index contributed by atoms with van der Waals surface area (Å²) in [7, 11) is 0. The highest BCUT2D eigenvalue weighted by molar-refractivity contribution is 9.13. The van der Waals surface area contributed by atoms with Crippen molar-refractivity contribution in [1.29, 1.82) is 0 Å². The molecule has 0 aromatic heterocycles. The zero-order valence-corrected chi connectivity index (χ0v) is 13.8. The minimum Gasteiger partial charge on any atom is -0.389 e. The minimum absolute atomic E-state index is 0.341. The van der Waals surface area contributed by atoms with E-state index in [9.17, 15) is 5.11 Å². The quantitative estimate of drug-likeness (QED) is 0.850. The van der Waals surface area contributed by atoms with Crippen molar-refractivity contribution >= 4 is 31.9 Å². The summed E-state index contributed by atoms with van der Waals surface area (Å²) in [5, 5.41) is 13.4. The second kappa shape index (κ2) is 5.39. The van der Waals surface area contributed by atoms with E-state index in [0.29, 0.717) is 0 Å². The third-order valence-corrected chi connectivity index (χ3v) is 5.13. The number of nitrogens with one attached hydrogen (secondary N) is 1.